The highest BCUT2D eigenvalue weighted by atomic mass is 35.5. The minimum atomic E-state index is -0.251. The van der Waals surface area contributed by atoms with Gasteiger partial charge in [0, 0.05) is 12.1 Å². The van der Waals surface area contributed by atoms with Gasteiger partial charge in [-0.25, -0.2) is 0 Å². The lowest BCUT2D eigenvalue weighted by atomic mass is 10.4. The van der Waals surface area contributed by atoms with E-state index in [-0.39, 0.29) is 16.4 Å². The average molecular weight is 194 g/mol. The summed E-state index contributed by atoms with van der Waals surface area (Å²) in [5.74, 6) is -0.251. The monoisotopic (exact) mass is 193 g/mol. The Morgan fingerprint density at radius 3 is 2.45 bits per heavy atom. The average Bonchev–Trinajstić information content (AvgIpc) is 1.82. The van der Waals surface area contributed by atoms with Crippen molar-refractivity contribution in [3.63, 3.8) is 0 Å². The number of halogens is 2. The first kappa shape index (κ1) is 10.6. The molecule has 1 amide bonds. The zero-order chi connectivity index (χ0) is 8.85. The molecule has 0 aromatic rings. The maximum atomic E-state index is 10.8. The molecule has 0 unspecified atom stereocenters. The molecule has 0 atom stereocenters. The summed E-state index contributed by atoms with van der Waals surface area (Å²) in [7, 11) is 0. The largest absolute Gasteiger partial charge is 0.350 e. The quantitative estimate of drug-likeness (QED) is 0.528. The summed E-state index contributed by atoms with van der Waals surface area (Å²) in [6.07, 6.45) is 1.16. The first-order valence-electron chi connectivity index (χ1n) is 3.10. The molecule has 0 aliphatic rings. The van der Waals surface area contributed by atoms with Crippen LogP contribution in [0, 0.1) is 0 Å². The molecule has 0 radical (unpaired) electrons. The van der Waals surface area contributed by atoms with E-state index in [1.54, 1.807) is 0 Å². The molecule has 0 aliphatic carbocycles. The number of rotatable bonds is 2. The van der Waals surface area contributed by atoms with Gasteiger partial charge in [-0.3, -0.25) is 4.79 Å². The lowest BCUT2D eigenvalue weighted by Crippen LogP contribution is -2.28. The number of carbonyl (C=O) groups excluding carboxylic acids is 1. The molecule has 0 aromatic carbocycles. The molecule has 0 spiro atoms. The van der Waals surface area contributed by atoms with Crippen molar-refractivity contribution < 1.29 is 4.79 Å². The Morgan fingerprint density at radius 2 is 2.09 bits per heavy atom. The number of hydrogen-bond acceptors (Lipinski definition) is 1. The molecule has 0 saturated carbocycles. The molecule has 0 heterocycles. The third-order valence-corrected chi connectivity index (χ3v) is 0.962. The molecule has 62 valence electrons. The summed E-state index contributed by atoms with van der Waals surface area (Å²) < 4.78 is -0.0519. The molecular weight excluding hydrogens is 185 g/mol. The van der Waals surface area contributed by atoms with Crippen molar-refractivity contribution in [1.29, 1.82) is 0 Å². The molecule has 0 aliphatic heterocycles. The van der Waals surface area contributed by atoms with Gasteiger partial charge in [-0.05, 0) is 13.8 Å². The maximum Gasteiger partial charge on any atom is 0.252 e. The number of hydrogen-bond donors (Lipinski definition) is 1. The third kappa shape index (κ3) is 7.47. The van der Waals surface area contributed by atoms with Crippen LogP contribution in [0.1, 0.15) is 13.8 Å². The number of amides is 1. The summed E-state index contributed by atoms with van der Waals surface area (Å²) in [6, 6.07) is 0.106. The predicted molar refractivity (Wildman–Crippen MR) is 46.6 cm³/mol. The van der Waals surface area contributed by atoms with Gasteiger partial charge in [0.15, 0.2) is 0 Å². The summed E-state index contributed by atoms with van der Waals surface area (Å²) in [5, 5.41) is 2.61. The van der Waals surface area contributed by atoms with E-state index in [0.29, 0.717) is 0 Å². The molecule has 0 fully saturated rings. The molecule has 0 saturated heterocycles. The van der Waals surface area contributed by atoms with Gasteiger partial charge in [0.2, 0.25) is 0 Å². The second kappa shape index (κ2) is 5.25. The van der Waals surface area contributed by atoms with E-state index in [1.165, 1.54) is 0 Å². The minimum absolute atomic E-state index is 0.0519. The van der Waals surface area contributed by atoms with Crippen LogP contribution < -0.4 is 5.32 Å². The molecule has 11 heavy (non-hydrogen) atoms. The van der Waals surface area contributed by atoms with Crippen LogP contribution in [0.5, 0.6) is 0 Å². The Hall–Kier alpha value is -0.430. The van der Waals surface area contributed by atoms with Gasteiger partial charge in [-0.2, -0.15) is 0 Å². The van der Waals surface area contributed by atoms with Crippen molar-refractivity contribution in [1.82, 2.24) is 5.32 Å². The van der Waals surface area contributed by atoms with E-state index in [4.69, 9.17) is 23.2 Å². The highest BCUT2D eigenvalue weighted by molar-refractivity contribution is 6.55. The second-order valence-electron chi connectivity index (χ2n) is 2.21. The van der Waals surface area contributed by atoms with Gasteiger partial charge in [0.1, 0.15) is 4.49 Å². The number of carbonyl (C=O) groups is 1. The van der Waals surface area contributed by atoms with Crippen LogP contribution in [-0.2, 0) is 4.79 Å². The van der Waals surface area contributed by atoms with E-state index in [1.807, 2.05) is 13.8 Å². The highest BCUT2D eigenvalue weighted by Gasteiger charge is 1.95. The van der Waals surface area contributed by atoms with Crippen molar-refractivity contribution in [2.45, 2.75) is 19.9 Å². The Bertz CT molecular complexity index is 200. The molecule has 2 nitrogen and oxygen atoms in total. The first-order valence-corrected chi connectivity index (χ1v) is 3.86. The molecule has 0 aromatic heterocycles. The van der Waals surface area contributed by atoms with E-state index >= 15 is 0 Å². The lowest BCUT2D eigenvalue weighted by molar-refractivity contribution is -0.116. The topological polar surface area (TPSA) is 29.1 Å². The fourth-order valence-corrected chi connectivity index (χ4v) is 0.555. The molecule has 0 rings (SSSR count). The molecular formula is C7H9Cl2NO. The zero-order valence-electron chi connectivity index (χ0n) is 6.32. The van der Waals surface area contributed by atoms with Crippen LogP contribution in [-0.4, -0.2) is 11.9 Å². The smallest absolute Gasteiger partial charge is 0.252 e. The summed E-state index contributed by atoms with van der Waals surface area (Å²) >= 11 is 10.4. The lowest BCUT2D eigenvalue weighted by Gasteiger charge is -2.02. The van der Waals surface area contributed by atoms with Gasteiger partial charge in [-0.1, -0.05) is 28.9 Å². The van der Waals surface area contributed by atoms with E-state index in [0.717, 1.165) is 6.08 Å². The standard InChI is InChI=1S/C7H9Cl2NO/c1-5(2)10-7(11)4-3-6(8)9/h4-5H,1-2H3,(H,10,11). The Kier molecular flexibility index (Phi) is 5.05. The van der Waals surface area contributed by atoms with Crippen molar-refractivity contribution in [3.8, 4) is 0 Å². The van der Waals surface area contributed by atoms with Crippen LogP contribution >= 0.6 is 23.2 Å². The Balaban J connectivity index is 3.99. The highest BCUT2D eigenvalue weighted by Crippen LogP contribution is 2.02. The van der Waals surface area contributed by atoms with Crippen LogP contribution in [0.25, 0.3) is 0 Å². The van der Waals surface area contributed by atoms with Gasteiger partial charge in [0.25, 0.3) is 5.91 Å². The van der Waals surface area contributed by atoms with Crippen LogP contribution in [0.3, 0.4) is 0 Å². The summed E-state index contributed by atoms with van der Waals surface area (Å²) in [6.45, 7) is 3.72. The molecule has 0 bridgehead atoms. The van der Waals surface area contributed by atoms with Crippen molar-refractivity contribution in [2.24, 2.45) is 0 Å². The van der Waals surface area contributed by atoms with Gasteiger partial charge in [0.05, 0.1) is 0 Å². The van der Waals surface area contributed by atoms with Crippen LogP contribution in [0.15, 0.2) is 16.3 Å². The maximum absolute atomic E-state index is 10.8. The SMILES string of the molecule is CC(C)NC(=O)C=C=C(Cl)Cl. The summed E-state index contributed by atoms with van der Waals surface area (Å²) in [5.41, 5.74) is 2.36. The normalized spacial score (nSPS) is 8.82. The minimum Gasteiger partial charge on any atom is -0.350 e. The van der Waals surface area contributed by atoms with Crippen LogP contribution in [0.4, 0.5) is 0 Å². The van der Waals surface area contributed by atoms with Crippen molar-refractivity contribution in [2.75, 3.05) is 0 Å². The van der Waals surface area contributed by atoms with Gasteiger partial charge < -0.3 is 5.32 Å². The predicted octanol–water partition coefficient (Wildman–Crippen LogP) is 1.99. The fourth-order valence-electron chi connectivity index (χ4n) is 0.446. The van der Waals surface area contributed by atoms with Crippen molar-refractivity contribution in [3.05, 3.63) is 16.3 Å². The Labute approximate surface area is 75.9 Å². The third-order valence-electron chi connectivity index (χ3n) is 0.743. The summed E-state index contributed by atoms with van der Waals surface area (Å²) in [4.78, 5) is 10.8. The Morgan fingerprint density at radius 1 is 1.55 bits per heavy atom. The van der Waals surface area contributed by atoms with E-state index in [2.05, 4.69) is 11.0 Å². The fraction of sp³-hybridized carbons (Fsp3) is 0.429. The molecule has 4 heteroatoms. The molecule has 1 N–H and O–H groups in total. The van der Waals surface area contributed by atoms with Crippen molar-refractivity contribution >= 4 is 29.1 Å². The number of nitrogens with one attached hydrogen (secondary N) is 1. The van der Waals surface area contributed by atoms with Gasteiger partial charge in [-0.15, -0.1) is 0 Å². The van der Waals surface area contributed by atoms with E-state index < -0.39 is 0 Å². The first-order chi connectivity index (χ1) is 5.02. The van der Waals surface area contributed by atoms with Gasteiger partial charge >= 0.3 is 0 Å². The van der Waals surface area contributed by atoms with Crippen LogP contribution in [0.2, 0.25) is 0 Å². The second-order valence-corrected chi connectivity index (χ2v) is 3.16. The zero-order valence-corrected chi connectivity index (χ0v) is 7.83. The van der Waals surface area contributed by atoms with E-state index in [9.17, 15) is 4.79 Å².